The molecule has 3 aromatic rings. The fourth-order valence-corrected chi connectivity index (χ4v) is 5.27. The van der Waals surface area contributed by atoms with Gasteiger partial charge in [-0.2, -0.15) is 0 Å². The highest BCUT2D eigenvalue weighted by Crippen LogP contribution is 2.35. The predicted octanol–water partition coefficient (Wildman–Crippen LogP) is 3.78. The lowest BCUT2D eigenvalue weighted by molar-refractivity contribution is 0.595. The Morgan fingerprint density at radius 1 is 1.00 bits per heavy atom. The molecule has 0 bridgehead atoms. The third-order valence-corrected chi connectivity index (χ3v) is 7.17. The van der Waals surface area contributed by atoms with Crippen molar-refractivity contribution < 1.29 is 8.42 Å². The maximum Gasteiger partial charge on any atom is 0.229 e. The summed E-state index contributed by atoms with van der Waals surface area (Å²) in [7, 11) is -3.59. The van der Waals surface area contributed by atoms with E-state index in [1.54, 1.807) is 53.1 Å². The smallest absolute Gasteiger partial charge is 0.229 e. The minimum Gasteiger partial charge on any atom is -0.351 e. The van der Waals surface area contributed by atoms with Gasteiger partial charge in [-0.3, -0.25) is 4.40 Å². The van der Waals surface area contributed by atoms with Gasteiger partial charge in [-0.25, -0.2) is 8.42 Å². The second-order valence-electron chi connectivity index (χ2n) is 7.25. The quantitative estimate of drug-likeness (QED) is 0.731. The van der Waals surface area contributed by atoms with Gasteiger partial charge < -0.3 is 5.32 Å². The van der Waals surface area contributed by atoms with Crippen molar-refractivity contribution in [1.29, 1.82) is 0 Å². The third-order valence-electron chi connectivity index (χ3n) is 5.42. The molecule has 1 N–H and O–H groups in total. The maximum absolute atomic E-state index is 12.9. The van der Waals surface area contributed by atoms with Crippen LogP contribution in [0.5, 0.6) is 0 Å². The SMILES string of the molecule is O=S(=O)(c1ccccc1)c1ccc2nnc(NC3CC4=C(CCC=C4)C3)n2c1. The van der Waals surface area contributed by atoms with E-state index >= 15 is 0 Å². The van der Waals surface area contributed by atoms with Crippen LogP contribution in [0.2, 0.25) is 0 Å². The van der Waals surface area contributed by atoms with Crippen LogP contribution in [0.1, 0.15) is 25.7 Å². The summed E-state index contributed by atoms with van der Waals surface area (Å²) in [6.07, 6.45) is 10.3. The average Bonchev–Trinajstić information content (AvgIpc) is 3.32. The summed E-state index contributed by atoms with van der Waals surface area (Å²) in [5.74, 6) is 0.578. The standard InChI is InChI=1S/C21H20N4O2S/c26-28(27,18-8-2-1-3-9-18)19-10-11-20-23-24-21(25(20)14-19)22-17-12-15-6-4-5-7-16(15)13-17/h1-4,6,8-11,14,17H,5,7,12-13H2,(H,22,24). The molecular weight excluding hydrogens is 372 g/mol. The number of allylic oxidation sites excluding steroid dienone is 2. The highest BCUT2D eigenvalue weighted by molar-refractivity contribution is 7.91. The van der Waals surface area contributed by atoms with Crippen LogP contribution in [0, 0.1) is 0 Å². The van der Waals surface area contributed by atoms with E-state index < -0.39 is 9.84 Å². The lowest BCUT2D eigenvalue weighted by atomic mass is 10.0. The average molecular weight is 392 g/mol. The van der Waals surface area contributed by atoms with E-state index in [0.717, 1.165) is 25.7 Å². The Labute approximate surface area is 163 Å². The van der Waals surface area contributed by atoms with Crippen molar-refractivity contribution in [3.05, 3.63) is 72.0 Å². The molecule has 2 heterocycles. The van der Waals surface area contributed by atoms with Gasteiger partial charge in [0.25, 0.3) is 0 Å². The maximum atomic E-state index is 12.9. The third kappa shape index (κ3) is 2.92. The molecule has 0 spiro atoms. The molecule has 28 heavy (non-hydrogen) atoms. The zero-order chi connectivity index (χ0) is 19.1. The van der Waals surface area contributed by atoms with Gasteiger partial charge in [0.15, 0.2) is 5.65 Å². The van der Waals surface area contributed by atoms with E-state index in [2.05, 4.69) is 27.7 Å². The van der Waals surface area contributed by atoms with Crippen LogP contribution in [-0.4, -0.2) is 29.1 Å². The van der Waals surface area contributed by atoms with E-state index in [4.69, 9.17) is 0 Å². The fraction of sp³-hybridized carbons (Fsp3) is 0.238. The van der Waals surface area contributed by atoms with Gasteiger partial charge in [-0.05, 0) is 55.5 Å². The van der Waals surface area contributed by atoms with Crippen LogP contribution in [0.4, 0.5) is 5.95 Å². The van der Waals surface area contributed by atoms with Gasteiger partial charge >= 0.3 is 0 Å². The van der Waals surface area contributed by atoms with E-state index in [1.165, 1.54) is 11.1 Å². The summed E-state index contributed by atoms with van der Waals surface area (Å²) >= 11 is 0. The second-order valence-corrected chi connectivity index (χ2v) is 9.20. The van der Waals surface area contributed by atoms with Crippen LogP contribution in [-0.2, 0) is 9.84 Å². The van der Waals surface area contributed by atoms with Gasteiger partial charge in [0.05, 0.1) is 9.79 Å². The summed E-state index contributed by atoms with van der Waals surface area (Å²) in [5.41, 5.74) is 3.55. The monoisotopic (exact) mass is 392 g/mol. The van der Waals surface area contributed by atoms with Crippen LogP contribution < -0.4 is 5.32 Å². The fourth-order valence-electron chi connectivity index (χ4n) is 3.99. The van der Waals surface area contributed by atoms with E-state index in [1.807, 2.05) is 0 Å². The number of pyridine rings is 1. The van der Waals surface area contributed by atoms with Crippen molar-refractivity contribution in [2.75, 3.05) is 5.32 Å². The molecule has 0 saturated heterocycles. The number of anilines is 1. The van der Waals surface area contributed by atoms with E-state index in [9.17, 15) is 8.42 Å². The Morgan fingerprint density at radius 2 is 1.86 bits per heavy atom. The highest BCUT2D eigenvalue weighted by Gasteiger charge is 2.25. The summed E-state index contributed by atoms with van der Waals surface area (Å²) in [5, 5.41) is 11.9. The topological polar surface area (TPSA) is 76.4 Å². The lowest BCUT2D eigenvalue weighted by Gasteiger charge is -2.13. The van der Waals surface area contributed by atoms with Crippen LogP contribution in [0.3, 0.4) is 0 Å². The molecule has 7 heteroatoms. The Hall–Kier alpha value is -2.93. The number of benzene rings is 1. The Morgan fingerprint density at radius 3 is 2.68 bits per heavy atom. The molecule has 0 amide bonds. The first-order valence-corrected chi connectivity index (χ1v) is 10.9. The van der Waals surface area contributed by atoms with Crippen molar-refractivity contribution >= 4 is 21.4 Å². The Bertz CT molecular complexity index is 1210. The molecule has 5 rings (SSSR count). The number of hydrogen-bond donors (Lipinski definition) is 1. The van der Waals surface area contributed by atoms with Crippen molar-refractivity contribution in [3.63, 3.8) is 0 Å². The van der Waals surface area contributed by atoms with E-state index in [-0.39, 0.29) is 15.8 Å². The summed E-state index contributed by atoms with van der Waals surface area (Å²) in [6, 6.07) is 12.0. The lowest BCUT2D eigenvalue weighted by Crippen LogP contribution is -2.18. The Kier molecular flexibility index (Phi) is 4.05. The minimum atomic E-state index is -3.59. The second kappa shape index (κ2) is 6.60. The number of nitrogens with zero attached hydrogens (tertiary/aromatic N) is 3. The molecule has 2 aromatic heterocycles. The molecule has 0 aliphatic heterocycles. The molecule has 1 atom stereocenters. The first kappa shape index (κ1) is 17.2. The normalized spacial score (nSPS) is 19.2. The zero-order valence-corrected chi connectivity index (χ0v) is 16.1. The summed E-state index contributed by atoms with van der Waals surface area (Å²) in [4.78, 5) is 0.497. The minimum absolute atomic E-state index is 0.223. The van der Waals surface area contributed by atoms with Crippen molar-refractivity contribution in [2.45, 2.75) is 41.5 Å². The van der Waals surface area contributed by atoms with Crippen molar-refractivity contribution in [3.8, 4) is 0 Å². The molecular formula is C21H20N4O2S. The summed E-state index contributed by atoms with van der Waals surface area (Å²) in [6.45, 7) is 0. The number of fused-ring (bicyclic) bond motifs is 1. The molecule has 1 aromatic carbocycles. The van der Waals surface area contributed by atoms with Crippen molar-refractivity contribution in [1.82, 2.24) is 14.6 Å². The van der Waals surface area contributed by atoms with Crippen molar-refractivity contribution in [2.24, 2.45) is 0 Å². The van der Waals surface area contributed by atoms with Gasteiger partial charge in [0.1, 0.15) is 0 Å². The highest BCUT2D eigenvalue weighted by atomic mass is 32.2. The number of nitrogens with one attached hydrogen (secondary N) is 1. The summed E-state index contributed by atoms with van der Waals surface area (Å²) < 4.78 is 27.6. The van der Waals surface area contributed by atoms with Gasteiger partial charge in [0.2, 0.25) is 15.8 Å². The number of aromatic nitrogens is 3. The molecule has 2 aliphatic rings. The number of hydrogen-bond acceptors (Lipinski definition) is 5. The van der Waals surface area contributed by atoms with E-state index in [0.29, 0.717) is 11.6 Å². The number of sulfone groups is 1. The molecule has 0 fully saturated rings. The predicted molar refractivity (Wildman–Crippen MR) is 107 cm³/mol. The largest absolute Gasteiger partial charge is 0.351 e. The molecule has 6 nitrogen and oxygen atoms in total. The molecule has 1 unspecified atom stereocenters. The molecule has 0 radical (unpaired) electrons. The van der Waals surface area contributed by atoms with Crippen LogP contribution in [0.25, 0.3) is 5.65 Å². The van der Waals surface area contributed by atoms with Gasteiger partial charge in [0, 0.05) is 12.2 Å². The van der Waals surface area contributed by atoms with Gasteiger partial charge in [-0.1, -0.05) is 35.9 Å². The first-order valence-electron chi connectivity index (χ1n) is 9.40. The van der Waals surface area contributed by atoms with Crippen LogP contribution in [0.15, 0.2) is 81.8 Å². The molecule has 2 aliphatic carbocycles. The Balaban J connectivity index is 1.46. The van der Waals surface area contributed by atoms with Crippen LogP contribution >= 0.6 is 0 Å². The van der Waals surface area contributed by atoms with Gasteiger partial charge in [-0.15, -0.1) is 10.2 Å². The first-order chi connectivity index (χ1) is 13.6. The number of rotatable bonds is 4. The molecule has 0 saturated carbocycles. The molecule has 142 valence electrons. The zero-order valence-electron chi connectivity index (χ0n) is 15.2.